The standard InChI is InChI=1S/C14H25N3O2S/c1-15-11-13-5-7-14(8-6-13)12-20(18,19)17(4)10-9-16(2)3/h5-8,15H,9-12H2,1-4H3. The van der Waals surface area contributed by atoms with Crippen LogP contribution in [0.3, 0.4) is 0 Å². The number of sulfonamides is 1. The fourth-order valence-corrected chi connectivity index (χ4v) is 2.95. The highest BCUT2D eigenvalue weighted by molar-refractivity contribution is 7.88. The van der Waals surface area contributed by atoms with E-state index in [0.717, 1.165) is 24.2 Å². The number of hydrogen-bond donors (Lipinski definition) is 1. The Bertz CT molecular complexity index is 498. The third-order valence-electron chi connectivity index (χ3n) is 3.09. The molecule has 0 aromatic heterocycles. The maximum absolute atomic E-state index is 12.2. The average Bonchev–Trinajstić information content (AvgIpc) is 2.38. The molecule has 1 aromatic rings. The Balaban J connectivity index is 2.65. The average molecular weight is 299 g/mol. The maximum Gasteiger partial charge on any atom is 0.218 e. The summed E-state index contributed by atoms with van der Waals surface area (Å²) in [6.45, 7) is 2.01. The molecule has 0 fully saturated rings. The Morgan fingerprint density at radius 2 is 1.55 bits per heavy atom. The summed E-state index contributed by atoms with van der Waals surface area (Å²) in [5.74, 6) is 0.0523. The van der Waals surface area contributed by atoms with Crippen LogP contribution in [0.25, 0.3) is 0 Å². The molecule has 1 aromatic carbocycles. The number of likely N-dealkylation sites (N-methyl/N-ethyl adjacent to an activating group) is 2. The minimum absolute atomic E-state index is 0.0523. The predicted octanol–water partition coefficient (Wildman–Crippen LogP) is 0.729. The van der Waals surface area contributed by atoms with E-state index in [4.69, 9.17) is 0 Å². The van der Waals surface area contributed by atoms with Crippen LogP contribution in [-0.2, 0) is 22.3 Å². The van der Waals surface area contributed by atoms with Crippen molar-refractivity contribution in [1.29, 1.82) is 0 Å². The normalized spacial score (nSPS) is 12.3. The van der Waals surface area contributed by atoms with Crippen LogP contribution < -0.4 is 5.32 Å². The van der Waals surface area contributed by atoms with E-state index in [1.807, 2.05) is 50.3 Å². The predicted molar refractivity (Wildman–Crippen MR) is 83.0 cm³/mol. The molecule has 0 heterocycles. The molecule has 0 bridgehead atoms. The van der Waals surface area contributed by atoms with Crippen LogP contribution in [-0.4, -0.2) is 58.9 Å². The van der Waals surface area contributed by atoms with Crippen molar-refractivity contribution in [2.75, 3.05) is 41.3 Å². The Morgan fingerprint density at radius 1 is 1.00 bits per heavy atom. The van der Waals surface area contributed by atoms with Gasteiger partial charge < -0.3 is 10.2 Å². The summed E-state index contributed by atoms with van der Waals surface area (Å²) in [6.07, 6.45) is 0. The van der Waals surface area contributed by atoms with Crippen molar-refractivity contribution < 1.29 is 8.42 Å². The number of benzene rings is 1. The molecule has 0 unspecified atom stereocenters. The van der Waals surface area contributed by atoms with Gasteiger partial charge in [0.2, 0.25) is 10.0 Å². The van der Waals surface area contributed by atoms with Gasteiger partial charge >= 0.3 is 0 Å². The van der Waals surface area contributed by atoms with Gasteiger partial charge in [-0.2, -0.15) is 0 Å². The molecule has 0 amide bonds. The van der Waals surface area contributed by atoms with Crippen molar-refractivity contribution in [3.63, 3.8) is 0 Å². The molecule has 5 nitrogen and oxygen atoms in total. The molecular formula is C14H25N3O2S. The van der Waals surface area contributed by atoms with Crippen LogP contribution >= 0.6 is 0 Å². The summed E-state index contributed by atoms with van der Waals surface area (Å²) in [5, 5.41) is 3.07. The Hall–Kier alpha value is -0.950. The highest BCUT2D eigenvalue weighted by atomic mass is 32.2. The van der Waals surface area contributed by atoms with Crippen molar-refractivity contribution in [3.05, 3.63) is 35.4 Å². The van der Waals surface area contributed by atoms with Gasteiger partial charge in [-0.3, -0.25) is 0 Å². The van der Waals surface area contributed by atoms with Crippen molar-refractivity contribution in [2.24, 2.45) is 0 Å². The van der Waals surface area contributed by atoms with Crippen molar-refractivity contribution in [3.8, 4) is 0 Å². The van der Waals surface area contributed by atoms with Crippen molar-refractivity contribution in [1.82, 2.24) is 14.5 Å². The van der Waals surface area contributed by atoms with Crippen LogP contribution in [0.1, 0.15) is 11.1 Å². The Kier molecular flexibility index (Phi) is 6.61. The fraction of sp³-hybridized carbons (Fsp3) is 0.571. The second kappa shape index (κ2) is 7.73. The number of hydrogen-bond acceptors (Lipinski definition) is 4. The third kappa shape index (κ3) is 5.58. The molecule has 114 valence electrons. The summed E-state index contributed by atoms with van der Waals surface area (Å²) in [4.78, 5) is 1.97. The van der Waals surface area contributed by atoms with Gasteiger partial charge in [0.05, 0.1) is 5.75 Å². The quantitative estimate of drug-likeness (QED) is 0.769. The molecule has 0 atom stereocenters. The lowest BCUT2D eigenvalue weighted by atomic mass is 10.1. The number of rotatable bonds is 8. The van der Waals surface area contributed by atoms with Crippen molar-refractivity contribution >= 4 is 10.0 Å². The molecule has 6 heteroatoms. The smallest absolute Gasteiger partial charge is 0.218 e. The van der Waals surface area contributed by atoms with E-state index in [1.165, 1.54) is 4.31 Å². The lowest BCUT2D eigenvalue weighted by Gasteiger charge is -2.19. The van der Waals surface area contributed by atoms with E-state index in [9.17, 15) is 8.42 Å². The second-order valence-corrected chi connectivity index (χ2v) is 7.30. The van der Waals surface area contributed by atoms with Crippen LogP contribution in [0.15, 0.2) is 24.3 Å². The van der Waals surface area contributed by atoms with Crippen LogP contribution in [0.5, 0.6) is 0 Å². The van der Waals surface area contributed by atoms with Gasteiger partial charge in [0.1, 0.15) is 0 Å². The SMILES string of the molecule is CNCc1ccc(CS(=O)(=O)N(C)CCN(C)C)cc1. The third-order valence-corrected chi connectivity index (χ3v) is 4.92. The van der Waals surface area contributed by atoms with Gasteiger partial charge in [-0.15, -0.1) is 0 Å². The lowest BCUT2D eigenvalue weighted by Crippen LogP contribution is -2.34. The Morgan fingerprint density at radius 3 is 2.05 bits per heavy atom. The van der Waals surface area contributed by atoms with Crippen LogP contribution in [0.4, 0.5) is 0 Å². The monoisotopic (exact) mass is 299 g/mol. The zero-order valence-electron chi connectivity index (χ0n) is 12.8. The van der Waals surface area contributed by atoms with Gasteiger partial charge in [0, 0.05) is 26.7 Å². The van der Waals surface area contributed by atoms with Gasteiger partial charge in [-0.25, -0.2) is 12.7 Å². The summed E-state index contributed by atoms with van der Waals surface area (Å²) < 4.78 is 25.9. The summed E-state index contributed by atoms with van der Waals surface area (Å²) in [7, 11) is 4.14. The van der Waals surface area contributed by atoms with Gasteiger partial charge in [0.25, 0.3) is 0 Å². The first-order valence-electron chi connectivity index (χ1n) is 6.66. The molecule has 1 rings (SSSR count). The minimum Gasteiger partial charge on any atom is -0.316 e. The molecule has 0 aliphatic rings. The van der Waals surface area contributed by atoms with E-state index in [0.29, 0.717) is 6.54 Å². The molecule has 0 saturated heterocycles. The fourth-order valence-electron chi connectivity index (χ4n) is 1.76. The second-order valence-electron chi connectivity index (χ2n) is 5.23. The Labute approximate surface area is 122 Å². The first-order valence-corrected chi connectivity index (χ1v) is 8.27. The first kappa shape index (κ1) is 17.1. The van der Waals surface area contributed by atoms with E-state index >= 15 is 0 Å². The molecule has 0 spiro atoms. The summed E-state index contributed by atoms with van der Waals surface area (Å²) in [6, 6.07) is 7.68. The van der Waals surface area contributed by atoms with Gasteiger partial charge in [-0.1, -0.05) is 24.3 Å². The highest BCUT2D eigenvalue weighted by Crippen LogP contribution is 2.11. The topological polar surface area (TPSA) is 52.7 Å². The van der Waals surface area contributed by atoms with E-state index in [-0.39, 0.29) is 5.75 Å². The minimum atomic E-state index is -3.24. The highest BCUT2D eigenvalue weighted by Gasteiger charge is 2.18. The zero-order chi connectivity index (χ0) is 15.2. The first-order chi connectivity index (χ1) is 9.35. The largest absolute Gasteiger partial charge is 0.316 e. The van der Waals surface area contributed by atoms with E-state index in [2.05, 4.69) is 5.32 Å². The molecular weight excluding hydrogens is 274 g/mol. The van der Waals surface area contributed by atoms with Crippen LogP contribution in [0, 0.1) is 0 Å². The number of nitrogens with zero attached hydrogens (tertiary/aromatic N) is 2. The summed E-state index contributed by atoms with van der Waals surface area (Å²) >= 11 is 0. The molecule has 0 saturated carbocycles. The van der Waals surface area contributed by atoms with Gasteiger partial charge in [0.15, 0.2) is 0 Å². The lowest BCUT2D eigenvalue weighted by molar-refractivity contribution is 0.358. The van der Waals surface area contributed by atoms with Crippen molar-refractivity contribution in [2.45, 2.75) is 12.3 Å². The molecule has 0 radical (unpaired) electrons. The van der Waals surface area contributed by atoms with E-state index in [1.54, 1.807) is 7.05 Å². The van der Waals surface area contributed by atoms with Gasteiger partial charge in [-0.05, 0) is 32.3 Å². The molecule has 1 N–H and O–H groups in total. The molecule has 0 aliphatic heterocycles. The van der Waals surface area contributed by atoms with E-state index < -0.39 is 10.0 Å². The maximum atomic E-state index is 12.2. The molecule has 0 aliphatic carbocycles. The summed E-state index contributed by atoms with van der Waals surface area (Å²) in [5.41, 5.74) is 1.97. The van der Waals surface area contributed by atoms with Crippen LogP contribution in [0.2, 0.25) is 0 Å². The zero-order valence-corrected chi connectivity index (χ0v) is 13.6. The number of nitrogens with one attached hydrogen (secondary N) is 1. The molecule has 20 heavy (non-hydrogen) atoms.